The molecular formula is C14H17ClN2O. The summed E-state index contributed by atoms with van der Waals surface area (Å²) in [6, 6.07) is 7.33. The van der Waals surface area contributed by atoms with E-state index in [1.165, 1.54) is 0 Å². The predicted octanol–water partition coefficient (Wildman–Crippen LogP) is 2.67. The third-order valence-corrected chi connectivity index (χ3v) is 4.43. The van der Waals surface area contributed by atoms with Gasteiger partial charge in [-0.15, -0.1) is 0 Å². The number of benzene rings is 1. The Morgan fingerprint density at radius 3 is 2.89 bits per heavy atom. The van der Waals surface area contributed by atoms with E-state index >= 15 is 0 Å². The SMILES string of the molecule is O=C(Nc1cccc(Cl)c1)C1CC12CCNCC2. The second-order valence-corrected chi connectivity index (χ2v) is 5.81. The molecule has 1 aromatic rings. The topological polar surface area (TPSA) is 41.1 Å². The van der Waals surface area contributed by atoms with E-state index in [2.05, 4.69) is 10.6 Å². The summed E-state index contributed by atoms with van der Waals surface area (Å²) in [6.45, 7) is 2.09. The quantitative estimate of drug-likeness (QED) is 0.862. The third-order valence-electron chi connectivity index (χ3n) is 4.20. The molecule has 1 heterocycles. The van der Waals surface area contributed by atoms with Crippen molar-refractivity contribution in [3.05, 3.63) is 29.3 Å². The average Bonchev–Trinajstić information content (AvgIpc) is 3.04. The first kappa shape index (κ1) is 12.0. The predicted molar refractivity (Wildman–Crippen MR) is 72.7 cm³/mol. The lowest BCUT2D eigenvalue weighted by Gasteiger charge is -2.23. The molecule has 96 valence electrons. The first-order chi connectivity index (χ1) is 8.70. The highest BCUT2D eigenvalue weighted by atomic mass is 35.5. The molecule has 1 aromatic carbocycles. The lowest BCUT2D eigenvalue weighted by molar-refractivity contribution is -0.118. The van der Waals surface area contributed by atoms with Crippen molar-refractivity contribution in [1.29, 1.82) is 0 Å². The van der Waals surface area contributed by atoms with Gasteiger partial charge in [-0.1, -0.05) is 17.7 Å². The zero-order chi connectivity index (χ0) is 12.6. The van der Waals surface area contributed by atoms with Gasteiger partial charge in [0.05, 0.1) is 0 Å². The van der Waals surface area contributed by atoms with E-state index in [9.17, 15) is 4.79 Å². The fraction of sp³-hybridized carbons (Fsp3) is 0.500. The molecule has 0 radical (unpaired) electrons. The number of rotatable bonds is 2. The molecule has 0 aromatic heterocycles. The van der Waals surface area contributed by atoms with E-state index in [1.807, 2.05) is 18.2 Å². The van der Waals surface area contributed by atoms with E-state index in [4.69, 9.17) is 11.6 Å². The molecule has 18 heavy (non-hydrogen) atoms. The standard InChI is InChI=1S/C14H17ClN2O/c15-10-2-1-3-11(8-10)17-13(18)12-9-14(12)4-6-16-7-5-14/h1-3,8,12,16H,4-7,9H2,(H,17,18). The lowest BCUT2D eigenvalue weighted by Crippen LogP contribution is -2.31. The number of hydrogen-bond donors (Lipinski definition) is 2. The van der Waals surface area contributed by atoms with Gasteiger partial charge < -0.3 is 10.6 Å². The van der Waals surface area contributed by atoms with Crippen LogP contribution >= 0.6 is 11.6 Å². The number of anilines is 1. The summed E-state index contributed by atoms with van der Waals surface area (Å²) in [7, 11) is 0. The van der Waals surface area contributed by atoms with Gasteiger partial charge in [0.1, 0.15) is 0 Å². The Labute approximate surface area is 112 Å². The molecule has 3 nitrogen and oxygen atoms in total. The Morgan fingerprint density at radius 1 is 1.39 bits per heavy atom. The van der Waals surface area contributed by atoms with Crippen LogP contribution in [-0.2, 0) is 4.79 Å². The number of carbonyl (C=O) groups is 1. The summed E-state index contributed by atoms with van der Waals surface area (Å²) in [4.78, 5) is 12.2. The highest BCUT2D eigenvalue weighted by molar-refractivity contribution is 6.30. The zero-order valence-electron chi connectivity index (χ0n) is 10.2. The number of hydrogen-bond acceptors (Lipinski definition) is 2. The van der Waals surface area contributed by atoms with Crippen LogP contribution in [0.1, 0.15) is 19.3 Å². The van der Waals surface area contributed by atoms with Gasteiger partial charge in [0.25, 0.3) is 0 Å². The summed E-state index contributed by atoms with van der Waals surface area (Å²) >= 11 is 5.91. The first-order valence-electron chi connectivity index (χ1n) is 6.47. The molecule has 2 aliphatic rings. The van der Waals surface area contributed by atoms with E-state index in [0.29, 0.717) is 5.02 Å². The molecule has 3 rings (SSSR count). The van der Waals surface area contributed by atoms with Gasteiger partial charge in [0.2, 0.25) is 5.91 Å². The molecular weight excluding hydrogens is 248 g/mol. The van der Waals surface area contributed by atoms with Crippen molar-refractivity contribution in [2.24, 2.45) is 11.3 Å². The molecule has 1 saturated heterocycles. The molecule has 1 unspecified atom stereocenters. The van der Waals surface area contributed by atoms with Crippen LogP contribution in [0.4, 0.5) is 5.69 Å². The van der Waals surface area contributed by atoms with Crippen molar-refractivity contribution < 1.29 is 4.79 Å². The first-order valence-corrected chi connectivity index (χ1v) is 6.85. The third kappa shape index (κ3) is 2.25. The fourth-order valence-electron chi connectivity index (χ4n) is 2.99. The van der Waals surface area contributed by atoms with Crippen LogP contribution in [0.3, 0.4) is 0 Å². The molecule has 1 aliphatic carbocycles. The Kier molecular flexibility index (Phi) is 3.04. The van der Waals surface area contributed by atoms with E-state index in [-0.39, 0.29) is 17.2 Å². The van der Waals surface area contributed by atoms with Crippen LogP contribution in [0.5, 0.6) is 0 Å². The minimum Gasteiger partial charge on any atom is -0.326 e. The summed E-state index contributed by atoms with van der Waals surface area (Å²) in [5.41, 5.74) is 1.08. The Bertz CT molecular complexity index is 469. The second-order valence-electron chi connectivity index (χ2n) is 5.37. The maximum absolute atomic E-state index is 12.2. The normalized spacial score (nSPS) is 24.8. The number of carbonyl (C=O) groups excluding carboxylic acids is 1. The minimum atomic E-state index is 0.152. The number of piperidine rings is 1. The van der Waals surface area contributed by atoms with Crippen molar-refractivity contribution in [3.8, 4) is 0 Å². The van der Waals surface area contributed by atoms with Crippen LogP contribution in [0.2, 0.25) is 5.02 Å². The molecule has 1 saturated carbocycles. The zero-order valence-corrected chi connectivity index (χ0v) is 11.0. The van der Waals surface area contributed by atoms with Crippen LogP contribution in [0, 0.1) is 11.3 Å². The number of amides is 1. The second kappa shape index (κ2) is 4.56. The molecule has 2 N–H and O–H groups in total. The summed E-state index contributed by atoms with van der Waals surface area (Å²) < 4.78 is 0. The molecule has 1 amide bonds. The molecule has 1 aliphatic heterocycles. The van der Waals surface area contributed by atoms with Crippen molar-refractivity contribution in [1.82, 2.24) is 5.32 Å². The molecule has 2 fully saturated rings. The van der Waals surface area contributed by atoms with Gasteiger partial charge in [0, 0.05) is 16.6 Å². The van der Waals surface area contributed by atoms with Crippen LogP contribution < -0.4 is 10.6 Å². The van der Waals surface area contributed by atoms with E-state index in [0.717, 1.165) is 38.0 Å². The van der Waals surface area contributed by atoms with E-state index in [1.54, 1.807) is 6.07 Å². The van der Waals surface area contributed by atoms with Gasteiger partial charge in [-0.2, -0.15) is 0 Å². The summed E-state index contributed by atoms with van der Waals surface area (Å²) in [5.74, 6) is 0.345. The molecule has 0 bridgehead atoms. The van der Waals surface area contributed by atoms with Crippen molar-refractivity contribution >= 4 is 23.2 Å². The van der Waals surface area contributed by atoms with Crippen LogP contribution in [-0.4, -0.2) is 19.0 Å². The summed E-state index contributed by atoms with van der Waals surface area (Å²) in [5, 5.41) is 6.97. The highest BCUT2D eigenvalue weighted by Crippen LogP contribution is 2.58. The average molecular weight is 265 g/mol. The maximum atomic E-state index is 12.2. The van der Waals surface area contributed by atoms with Crippen molar-refractivity contribution in [2.45, 2.75) is 19.3 Å². The highest BCUT2D eigenvalue weighted by Gasteiger charge is 2.57. The van der Waals surface area contributed by atoms with Gasteiger partial charge in [-0.05, 0) is 56.0 Å². The lowest BCUT2D eigenvalue weighted by atomic mass is 9.92. The van der Waals surface area contributed by atoms with Crippen molar-refractivity contribution in [2.75, 3.05) is 18.4 Å². The van der Waals surface area contributed by atoms with Gasteiger partial charge in [-0.25, -0.2) is 0 Å². The van der Waals surface area contributed by atoms with Crippen molar-refractivity contribution in [3.63, 3.8) is 0 Å². The molecule has 1 spiro atoms. The fourth-order valence-corrected chi connectivity index (χ4v) is 3.18. The molecule has 1 atom stereocenters. The Morgan fingerprint density at radius 2 is 2.17 bits per heavy atom. The minimum absolute atomic E-state index is 0.152. The molecule has 4 heteroatoms. The van der Waals surface area contributed by atoms with Gasteiger partial charge in [0.15, 0.2) is 0 Å². The Hall–Kier alpha value is -1.06. The smallest absolute Gasteiger partial charge is 0.228 e. The Balaban J connectivity index is 1.63. The van der Waals surface area contributed by atoms with E-state index < -0.39 is 0 Å². The van der Waals surface area contributed by atoms with Gasteiger partial charge in [-0.3, -0.25) is 4.79 Å². The van der Waals surface area contributed by atoms with Crippen LogP contribution in [0.25, 0.3) is 0 Å². The maximum Gasteiger partial charge on any atom is 0.228 e. The monoisotopic (exact) mass is 264 g/mol. The number of halogens is 1. The number of nitrogens with one attached hydrogen (secondary N) is 2. The summed E-state index contributed by atoms with van der Waals surface area (Å²) in [6.07, 6.45) is 3.29. The van der Waals surface area contributed by atoms with Gasteiger partial charge >= 0.3 is 0 Å². The largest absolute Gasteiger partial charge is 0.326 e. The van der Waals surface area contributed by atoms with Crippen LogP contribution in [0.15, 0.2) is 24.3 Å².